The summed E-state index contributed by atoms with van der Waals surface area (Å²) in [6.07, 6.45) is 0. The number of nitrogens with one attached hydrogen (secondary N) is 1. The van der Waals surface area contributed by atoms with Crippen LogP contribution in [0, 0.1) is 0 Å². The van der Waals surface area contributed by atoms with E-state index in [2.05, 4.69) is 15.3 Å². The molecule has 0 saturated heterocycles. The monoisotopic (exact) mass is 158 g/mol. The molecule has 0 bridgehead atoms. The van der Waals surface area contributed by atoms with Gasteiger partial charge in [0.25, 0.3) is 0 Å². The third kappa shape index (κ3) is 1.48. The van der Waals surface area contributed by atoms with Crippen LogP contribution < -0.4 is 11.1 Å². The summed E-state index contributed by atoms with van der Waals surface area (Å²) in [5.41, 5.74) is 5.36. The first-order chi connectivity index (χ1) is 4.72. The van der Waals surface area contributed by atoms with Gasteiger partial charge in [0.1, 0.15) is 11.0 Å². The van der Waals surface area contributed by atoms with Gasteiger partial charge < -0.3 is 11.1 Å². The Labute approximate surface area is 63.4 Å². The van der Waals surface area contributed by atoms with Crippen LogP contribution in [0.4, 0.5) is 11.8 Å². The van der Waals surface area contributed by atoms with Gasteiger partial charge in [-0.1, -0.05) is 11.6 Å². The fraction of sp³-hybridized carbons (Fsp3) is 0.200. The van der Waals surface area contributed by atoms with Gasteiger partial charge in [-0.2, -0.15) is 4.98 Å². The Morgan fingerprint density at radius 2 is 2.30 bits per heavy atom. The number of rotatable bonds is 1. The molecule has 1 aromatic rings. The lowest BCUT2D eigenvalue weighted by atomic mass is 10.6. The number of nitrogens with zero attached hydrogens (tertiary/aromatic N) is 2. The molecule has 0 fully saturated rings. The number of hydrogen-bond donors (Lipinski definition) is 2. The molecule has 1 aromatic heterocycles. The second-order valence-corrected chi connectivity index (χ2v) is 2.08. The van der Waals surface area contributed by atoms with Gasteiger partial charge in [-0.25, -0.2) is 4.98 Å². The maximum atomic E-state index is 5.56. The maximum Gasteiger partial charge on any atom is 0.225 e. The van der Waals surface area contributed by atoms with Crippen molar-refractivity contribution in [3.63, 3.8) is 0 Å². The largest absolute Gasteiger partial charge is 0.383 e. The predicted molar refractivity (Wildman–Crippen MR) is 41.0 cm³/mol. The highest BCUT2D eigenvalue weighted by Crippen LogP contribution is 2.10. The van der Waals surface area contributed by atoms with E-state index < -0.39 is 0 Å². The molecule has 0 unspecified atom stereocenters. The lowest BCUT2D eigenvalue weighted by molar-refractivity contribution is 1.16. The smallest absolute Gasteiger partial charge is 0.225 e. The van der Waals surface area contributed by atoms with E-state index in [1.807, 2.05) is 0 Å². The Kier molecular flexibility index (Phi) is 1.91. The summed E-state index contributed by atoms with van der Waals surface area (Å²) < 4.78 is 0. The van der Waals surface area contributed by atoms with E-state index in [0.717, 1.165) is 0 Å². The summed E-state index contributed by atoms with van der Waals surface area (Å²) in [5, 5.41) is 3.07. The average molecular weight is 159 g/mol. The molecule has 54 valence electrons. The Hall–Kier alpha value is -1.03. The molecular weight excluding hydrogens is 152 g/mol. The van der Waals surface area contributed by atoms with Crippen LogP contribution in [0.2, 0.25) is 5.15 Å². The number of halogens is 1. The van der Waals surface area contributed by atoms with Crippen LogP contribution >= 0.6 is 11.6 Å². The van der Waals surface area contributed by atoms with Crippen LogP contribution in [0.15, 0.2) is 6.07 Å². The Balaban J connectivity index is 3.06. The number of hydrogen-bond acceptors (Lipinski definition) is 4. The average Bonchev–Trinajstić information content (AvgIpc) is 1.85. The van der Waals surface area contributed by atoms with Crippen molar-refractivity contribution in [2.75, 3.05) is 18.1 Å². The van der Waals surface area contributed by atoms with Crippen molar-refractivity contribution in [2.45, 2.75) is 0 Å². The first-order valence-corrected chi connectivity index (χ1v) is 3.08. The van der Waals surface area contributed by atoms with Crippen molar-refractivity contribution in [1.29, 1.82) is 0 Å². The van der Waals surface area contributed by atoms with Gasteiger partial charge in [-0.05, 0) is 0 Å². The highest BCUT2D eigenvalue weighted by molar-refractivity contribution is 6.29. The SMILES string of the molecule is CNc1nc(N)cc(Cl)n1. The normalized spacial score (nSPS) is 9.40. The van der Waals surface area contributed by atoms with Crippen molar-refractivity contribution in [1.82, 2.24) is 9.97 Å². The molecule has 0 aromatic carbocycles. The summed E-state index contributed by atoms with van der Waals surface area (Å²) in [6.45, 7) is 0. The second kappa shape index (κ2) is 2.70. The lowest BCUT2D eigenvalue weighted by Crippen LogP contribution is -1.99. The maximum absolute atomic E-state index is 5.56. The van der Waals surface area contributed by atoms with E-state index in [0.29, 0.717) is 16.9 Å². The van der Waals surface area contributed by atoms with Crippen molar-refractivity contribution in [3.8, 4) is 0 Å². The van der Waals surface area contributed by atoms with Gasteiger partial charge >= 0.3 is 0 Å². The Bertz CT molecular complexity index is 217. The first kappa shape index (κ1) is 7.08. The summed E-state index contributed by atoms with van der Waals surface area (Å²) in [6, 6.07) is 1.49. The third-order valence-electron chi connectivity index (χ3n) is 0.938. The van der Waals surface area contributed by atoms with Gasteiger partial charge in [0.15, 0.2) is 0 Å². The van der Waals surface area contributed by atoms with Crippen LogP contribution in [0.25, 0.3) is 0 Å². The molecule has 5 heteroatoms. The minimum atomic E-state index is 0.344. The molecule has 4 nitrogen and oxygen atoms in total. The van der Waals surface area contributed by atoms with E-state index in [9.17, 15) is 0 Å². The van der Waals surface area contributed by atoms with Gasteiger partial charge in [0.2, 0.25) is 5.95 Å². The number of anilines is 2. The van der Waals surface area contributed by atoms with E-state index in [-0.39, 0.29) is 0 Å². The minimum absolute atomic E-state index is 0.344. The minimum Gasteiger partial charge on any atom is -0.383 e. The van der Waals surface area contributed by atoms with Gasteiger partial charge in [0, 0.05) is 13.1 Å². The molecule has 0 saturated carbocycles. The lowest BCUT2D eigenvalue weighted by Gasteiger charge is -1.98. The van der Waals surface area contributed by atoms with Crippen LogP contribution in [0.3, 0.4) is 0 Å². The van der Waals surface area contributed by atoms with Crippen molar-refractivity contribution < 1.29 is 0 Å². The Morgan fingerprint density at radius 1 is 1.60 bits per heavy atom. The molecule has 1 heterocycles. The summed E-state index contributed by atoms with van der Waals surface area (Å²) >= 11 is 5.56. The number of nitrogens with two attached hydrogens (primary N) is 1. The van der Waals surface area contributed by atoms with Crippen molar-refractivity contribution in [3.05, 3.63) is 11.2 Å². The molecule has 1 rings (SSSR count). The van der Waals surface area contributed by atoms with Crippen molar-refractivity contribution in [2.24, 2.45) is 0 Å². The number of aromatic nitrogens is 2. The molecule has 0 aliphatic heterocycles. The summed E-state index contributed by atoms with van der Waals surface area (Å²) in [5.74, 6) is 0.800. The standard InChI is InChI=1S/C5H7ClN4/c1-8-5-9-3(6)2-4(7)10-5/h2H,1H3,(H3,7,8,9,10). The first-order valence-electron chi connectivity index (χ1n) is 2.70. The second-order valence-electron chi connectivity index (χ2n) is 1.69. The third-order valence-corrected chi connectivity index (χ3v) is 1.13. The molecule has 0 amide bonds. The molecule has 10 heavy (non-hydrogen) atoms. The summed E-state index contributed by atoms with van der Waals surface area (Å²) in [7, 11) is 1.70. The zero-order valence-corrected chi connectivity index (χ0v) is 6.18. The van der Waals surface area contributed by atoms with Crippen molar-refractivity contribution >= 4 is 23.4 Å². The topological polar surface area (TPSA) is 63.8 Å². The highest BCUT2D eigenvalue weighted by atomic mass is 35.5. The molecule has 0 aliphatic carbocycles. The van der Waals surface area contributed by atoms with Gasteiger partial charge in [-0.3, -0.25) is 0 Å². The van der Waals surface area contributed by atoms with E-state index >= 15 is 0 Å². The van der Waals surface area contributed by atoms with Crippen LogP contribution in [0.5, 0.6) is 0 Å². The zero-order valence-electron chi connectivity index (χ0n) is 5.43. The molecule has 0 aliphatic rings. The zero-order chi connectivity index (χ0) is 7.56. The fourth-order valence-electron chi connectivity index (χ4n) is 0.547. The summed E-state index contributed by atoms with van der Waals surface area (Å²) in [4.78, 5) is 7.64. The Morgan fingerprint density at radius 3 is 2.80 bits per heavy atom. The quantitative estimate of drug-likeness (QED) is 0.593. The van der Waals surface area contributed by atoms with Crippen LogP contribution in [-0.4, -0.2) is 17.0 Å². The molecule has 0 atom stereocenters. The van der Waals surface area contributed by atoms with Gasteiger partial charge in [0.05, 0.1) is 0 Å². The predicted octanol–water partition coefficient (Wildman–Crippen LogP) is 0.754. The van der Waals surface area contributed by atoms with E-state index in [4.69, 9.17) is 17.3 Å². The number of nitrogen functional groups attached to an aromatic ring is 1. The molecular formula is C5H7ClN4. The van der Waals surface area contributed by atoms with Crippen LogP contribution in [0.1, 0.15) is 0 Å². The van der Waals surface area contributed by atoms with Crippen LogP contribution in [-0.2, 0) is 0 Å². The highest BCUT2D eigenvalue weighted by Gasteiger charge is 1.96. The molecule has 0 radical (unpaired) electrons. The molecule has 3 N–H and O–H groups in total. The van der Waals surface area contributed by atoms with E-state index in [1.54, 1.807) is 7.05 Å². The fourth-order valence-corrected chi connectivity index (χ4v) is 0.739. The molecule has 0 spiro atoms. The van der Waals surface area contributed by atoms with Gasteiger partial charge in [-0.15, -0.1) is 0 Å². The van der Waals surface area contributed by atoms with E-state index in [1.165, 1.54) is 6.07 Å².